The van der Waals surface area contributed by atoms with Crippen molar-refractivity contribution in [2.24, 2.45) is 5.92 Å². The molecular formula is C21H24N2O3. The Labute approximate surface area is 154 Å². The molecule has 26 heavy (non-hydrogen) atoms. The summed E-state index contributed by atoms with van der Waals surface area (Å²) < 4.78 is 5.52. The smallest absolute Gasteiger partial charge is 0.260 e. The van der Waals surface area contributed by atoms with E-state index in [0.29, 0.717) is 31.7 Å². The zero-order valence-corrected chi connectivity index (χ0v) is 15.0. The van der Waals surface area contributed by atoms with E-state index in [4.69, 9.17) is 4.74 Å². The molecular weight excluding hydrogens is 328 g/mol. The Morgan fingerprint density at radius 3 is 2.38 bits per heavy atom. The van der Waals surface area contributed by atoms with Crippen LogP contribution in [-0.4, -0.2) is 36.4 Å². The lowest BCUT2D eigenvalue weighted by Crippen LogP contribution is -2.43. The van der Waals surface area contributed by atoms with Gasteiger partial charge in [-0.15, -0.1) is 0 Å². The average Bonchev–Trinajstić information content (AvgIpc) is 2.69. The Hall–Kier alpha value is -2.82. The highest BCUT2D eigenvalue weighted by molar-refractivity contribution is 5.93. The van der Waals surface area contributed by atoms with Crippen LogP contribution >= 0.6 is 0 Å². The molecule has 1 heterocycles. The first kappa shape index (κ1) is 18.0. The van der Waals surface area contributed by atoms with Crippen molar-refractivity contribution in [3.05, 3.63) is 60.2 Å². The van der Waals surface area contributed by atoms with E-state index in [9.17, 15) is 9.59 Å². The van der Waals surface area contributed by atoms with E-state index in [1.54, 1.807) is 4.90 Å². The van der Waals surface area contributed by atoms with Gasteiger partial charge < -0.3 is 15.0 Å². The van der Waals surface area contributed by atoms with Crippen molar-refractivity contribution in [3.8, 4) is 5.75 Å². The summed E-state index contributed by atoms with van der Waals surface area (Å²) in [4.78, 5) is 26.5. The van der Waals surface area contributed by atoms with Crippen molar-refractivity contribution >= 4 is 17.5 Å². The van der Waals surface area contributed by atoms with Crippen LogP contribution in [0.25, 0.3) is 0 Å². The molecule has 1 aliphatic rings. The number of aryl methyl sites for hydroxylation is 1. The first-order valence-corrected chi connectivity index (χ1v) is 8.95. The van der Waals surface area contributed by atoms with Gasteiger partial charge in [0.15, 0.2) is 6.61 Å². The molecule has 0 bridgehead atoms. The van der Waals surface area contributed by atoms with Crippen molar-refractivity contribution in [2.75, 3.05) is 25.0 Å². The monoisotopic (exact) mass is 352 g/mol. The van der Waals surface area contributed by atoms with Crippen LogP contribution in [0.1, 0.15) is 18.4 Å². The summed E-state index contributed by atoms with van der Waals surface area (Å²) in [5.74, 6) is 0.626. The highest BCUT2D eigenvalue weighted by atomic mass is 16.5. The molecule has 1 aliphatic heterocycles. The van der Waals surface area contributed by atoms with Crippen molar-refractivity contribution in [3.63, 3.8) is 0 Å². The first-order valence-electron chi connectivity index (χ1n) is 8.95. The van der Waals surface area contributed by atoms with E-state index in [1.165, 1.54) is 0 Å². The lowest BCUT2D eigenvalue weighted by molar-refractivity contribution is -0.136. The fourth-order valence-electron chi connectivity index (χ4n) is 3.09. The average molecular weight is 352 g/mol. The van der Waals surface area contributed by atoms with E-state index in [-0.39, 0.29) is 24.3 Å². The van der Waals surface area contributed by atoms with Crippen LogP contribution in [-0.2, 0) is 9.59 Å². The first-order chi connectivity index (χ1) is 12.6. The summed E-state index contributed by atoms with van der Waals surface area (Å²) >= 11 is 0. The number of hydrogen-bond acceptors (Lipinski definition) is 3. The number of carbonyl (C=O) groups excluding carboxylic acids is 2. The van der Waals surface area contributed by atoms with Crippen LogP contribution in [0.3, 0.4) is 0 Å². The largest absolute Gasteiger partial charge is 0.484 e. The molecule has 5 heteroatoms. The summed E-state index contributed by atoms with van der Waals surface area (Å²) in [6.45, 7) is 3.18. The van der Waals surface area contributed by atoms with Gasteiger partial charge in [-0.25, -0.2) is 0 Å². The van der Waals surface area contributed by atoms with Crippen LogP contribution in [0.15, 0.2) is 54.6 Å². The maximum Gasteiger partial charge on any atom is 0.260 e. The molecule has 5 nitrogen and oxygen atoms in total. The second-order valence-corrected chi connectivity index (χ2v) is 6.56. The van der Waals surface area contributed by atoms with Crippen molar-refractivity contribution in [1.29, 1.82) is 0 Å². The van der Waals surface area contributed by atoms with Crippen LogP contribution in [0.2, 0.25) is 0 Å². The Morgan fingerprint density at radius 2 is 1.69 bits per heavy atom. The number of hydrogen-bond donors (Lipinski definition) is 1. The van der Waals surface area contributed by atoms with Gasteiger partial charge in [-0.2, -0.15) is 0 Å². The van der Waals surface area contributed by atoms with Gasteiger partial charge in [0.1, 0.15) is 5.75 Å². The van der Waals surface area contributed by atoms with Gasteiger partial charge in [-0.1, -0.05) is 36.4 Å². The molecule has 0 aliphatic carbocycles. The lowest BCUT2D eigenvalue weighted by Gasteiger charge is -2.31. The van der Waals surface area contributed by atoms with Gasteiger partial charge in [0.2, 0.25) is 5.91 Å². The summed E-state index contributed by atoms with van der Waals surface area (Å²) in [5, 5.41) is 3.00. The number of rotatable bonds is 5. The fraction of sp³-hybridized carbons (Fsp3) is 0.333. The standard InChI is InChI=1S/C21H24N2O3/c1-16-7-5-6-10-19(16)22-21(25)17-11-13-23(14-12-17)20(24)15-26-18-8-3-2-4-9-18/h2-10,17H,11-15H2,1H3,(H,22,25). The second kappa shape index (κ2) is 8.52. The molecule has 136 valence electrons. The summed E-state index contributed by atoms with van der Waals surface area (Å²) in [6.07, 6.45) is 1.35. The zero-order chi connectivity index (χ0) is 18.4. The number of nitrogens with one attached hydrogen (secondary N) is 1. The maximum atomic E-state index is 12.5. The highest BCUT2D eigenvalue weighted by Crippen LogP contribution is 2.21. The number of amides is 2. The number of piperidine rings is 1. The van der Waals surface area contributed by atoms with Gasteiger partial charge in [0, 0.05) is 24.7 Å². The molecule has 2 aromatic carbocycles. The molecule has 0 unspecified atom stereocenters. The number of ether oxygens (including phenoxy) is 1. The normalized spacial score (nSPS) is 14.7. The predicted octanol–water partition coefficient (Wildman–Crippen LogP) is 3.25. The third-order valence-electron chi connectivity index (χ3n) is 4.73. The van der Waals surface area contributed by atoms with Crippen LogP contribution in [0.5, 0.6) is 5.75 Å². The Balaban J connectivity index is 1.45. The molecule has 1 N–H and O–H groups in total. The van der Waals surface area contributed by atoms with Gasteiger partial charge >= 0.3 is 0 Å². The molecule has 3 rings (SSSR count). The van der Waals surface area contributed by atoms with Gasteiger partial charge in [-0.05, 0) is 43.5 Å². The van der Waals surface area contributed by atoms with Crippen LogP contribution in [0.4, 0.5) is 5.69 Å². The van der Waals surface area contributed by atoms with Gasteiger partial charge in [0.25, 0.3) is 5.91 Å². The third kappa shape index (κ3) is 4.63. The molecule has 1 fully saturated rings. The van der Waals surface area contributed by atoms with Gasteiger partial charge in [-0.3, -0.25) is 9.59 Å². The summed E-state index contributed by atoms with van der Waals surface area (Å²) in [5.41, 5.74) is 1.90. The number of para-hydroxylation sites is 2. The lowest BCUT2D eigenvalue weighted by atomic mass is 9.95. The van der Waals surface area contributed by atoms with E-state index in [2.05, 4.69) is 5.32 Å². The summed E-state index contributed by atoms with van der Waals surface area (Å²) in [6, 6.07) is 17.1. The number of nitrogens with zero attached hydrogens (tertiary/aromatic N) is 1. The topological polar surface area (TPSA) is 58.6 Å². The number of anilines is 1. The Kier molecular flexibility index (Phi) is 5.89. The Bertz CT molecular complexity index is 753. The van der Waals surface area contributed by atoms with Gasteiger partial charge in [0.05, 0.1) is 0 Å². The van der Waals surface area contributed by atoms with E-state index in [0.717, 1.165) is 11.3 Å². The van der Waals surface area contributed by atoms with Crippen LogP contribution < -0.4 is 10.1 Å². The zero-order valence-electron chi connectivity index (χ0n) is 15.0. The van der Waals surface area contributed by atoms with Crippen molar-refractivity contribution in [1.82, 2.24) is 4.90 Å². The number of likely N-dealkylation sites (tertiary alicyclic amines) is 1. The molecule has 1 saturated heterocycles. The van der Waals surface area contributed by atoms with Crippen LogP contribution in [0, 0.1) is 12.8 Å². The molecule has 0 spiro atoms. The predicted molar refractivity (Wildman–Crippen MR) is 101 cm³/mol. The number of carbonyl (C=O) groups is 2. The molecule has 0 aromatic heterocycles. The minimum atomic E-state index is -0.0614. The maximum absolute atomic E-state index is 12.5. The molecule has 0 saturated carbocycles. The quantitative estimate of drug-likeness (QED) is 0.899. The second-order valence-electron chi connectivity index (χ2n) is 6.56. The molecule has 0 atom stereocenters. The minimum absolute atomic E-state index is 0.0318. The SMILES string of the molecule is Cc1ccccc1NC(=O)C1CCN(C(=O)COc2ccccc2)CC1. The minimum Gasteiger partial charge on any atom is -0.484 e. The molecule has 0 radical (unpaired) electrons. The Morgan fingerprint density at radius 1 is 1.04 bits per heavy atom. The highest BCUT2D eigenvalue weighted by Gasteiger charge is 2.27. The summed E-state index contributed by atoms with van der Waals surface area (Å²) in [7, 11) is 0. The van der Waals surface area contributed by atoms with E-state index in [1.807, 2.05) is 61.5 Å². The third-order valence-corrected chi connectivity index (χ3v) is 4.73. The number of benzene rings is 2. The van der Waals surface area contributed by atoms with Crippen molar-refractivity contribution in [2.45, 2.75) is 19.8 Å². The van der Waals surface area contributed by atoms with E-state index < -0.39 is 0 Å². The van der Waals surface area contributed by atoms with E-state index >= 15 is 0 Å². The molecule has 2 aromatic rings. The van der Waals surface area contributed by atoms with Crippen molar-refractivity contribution < 1.29 is 14.3 Å². The fourth-order valence-corrected chi connectivity index (χ4v) is 3.09. The molecule has 2 amide bonds.